The van der Waals surface area contributed by atoms with E-state index in [1.165, 1.54) is 6.08 Å². The minimum absolute atomic E-state index is 0.641. The van der Waals surface area contributed by atoms with E-state index in [2.05, 4.69) is 10.2 Å². The summed E-state index contributed by atoms with van der Waals surface area (Å²) in [6.07, 6.45) is 5.77. The average Bonchev–Trinajstić information content (AvgIpc) is 2.58. The van der Waals surface area contributed by atoms with Crippen molar-refractivity contribution in [3.63, 3.8) is 0 Å². The van der Waals surface area contributed by atoms with E-state index in [1.807, 2.05) is 4.57 Å². The van der Waals surface area contributed by atoms with Gasteiger partial charge in [-0.3, -0.25) is 0 Å². The molecule has 0 saturated heterocycles. The summed E-state index contributed by atoms with van der Waals surface area (Å²) in [6, 6.07) is 0. The normalized spacial score (nSPS) is 15.7. The van der Waals surface area contributed by atoms with Crippen LogP contribution < -0.4 is 0 Å². The molecular formula is C9H11N3O2. The Balaban J connectivity index is 2.26. The van der Waals surface area contributed by atoms with Crippen LogP contribution in [0.1, 0.15) is 24.5 Å². The van der Waals surface area contributed by atoms with Gasteiger partial charge in [0.25, 0.3) is 0 Å². The first-order valence-corrected chi connectivity index (χ1v) is 4.60. The molecule has 5 nitrogen and oxygen atoms in total. The SMILES string of the molecule is O=C(O)C=Cc1nnc2n1CCCC2. The molecule has 0 bridgehead atoms. The average molecular weight is 193 g/mol. The van der Waals surface area contributed by atoms with Crippen LogP contribution in [-0.2, 0) is 17.8 Å². The first-order chi connectivity index (χ1) is 6.77. The van der Waals surface area contributed by atoms with Gasteiger partial charge < -0.3 is 9.67 Å². The Morgan fingerprint density at radius 2 is 2.29 bits per heavy atom. The van der Waals surface area contributed by atoms with Gasteiger partial charge in [0, 0.05) is 19.0 Å². The van der Waals surface area contributed by atoms with Gasteiger partial charge in [-0.25, -0.2) is 4.79 Å². The minimum Gasteiger partial charge on any atom is -0.478 e. The van der Waals surface area contributed by atoms with Crippen molar-refractivity contribution in [1.29, 1.82) is 0 Å². The van der Waals surface area contributed by atoms with Crippen molar-refractivity contribution >= 4 is 12.0 Å². The van der Waals surface area contributed by atoms with Gasteiger partial charge in [-0.05, 0) is 18.9 Å². The second kappa shape index (κ2) is 3.61. The van der Waals surface area contributed by atoms with Gasteiger partial charge in [-0.1, -0.05) is 0 Å². The number of aryl methyl sites for hydroxylation is 1. The lowest BCUT2D eigenvalue weighted by molar-refractivity contribution is -0.131. The Morgan fingerprint density at radius 1 is 1.43 bits per heavy atom. The monoisotopic (exact) mass is 193 g/mol. The zero-order valence-electron chi connectivity index (χ0n) is 7.68. The second-order valence-corrected chi connectivity index (χ2v) is 3.25. The zero-order chi connectivity index (χ0) is 9.97. The molecule has 74 valence electrons. The molecule has 0 atom stereocenters. The van der Waals surface area contributed by atoms with Gasteiger partial charge >= 0.3 is 5.97 Å². The maximum Gasteiger partial charge on any atom is 0.328 e. The van der Waals surface area contributed by atoms with E-state index >= 15 is 0 Å². The van der Waals surface area contributed by atoms with Gasteiger partial charge in [0.15, 0.2) is 5.82 Å². The molecule has 0 saturated carbocycles. The Morgan fingerprint density at radius 3 is 3.07 bits per heavy atom. The lowest BCUT2D eigenvalue weighted by Crippen LogP contribution is -2.11. The molecule has 1 aliphatic rings. The van der Waals surface area contributed by atoms with Crippen LogP contribution in [0.25, 0.3) is 6.08 Å². The van der Waals surface area contributed by atoms with E-state index in [9.17, 15) is 4.79 Å². The molecule has 14 heavy (non-hydrogen) atoms. The number of nitrogens with zero attached hydrogens (tertiary/aromatic N) is 3. The number of aliphatic carboxylic acids is 1. The molecule has 1 aromatic heterocycles. The van der Waals surface area contributed by atoms with Crippen LogP contribution in [0.4, 0.5) is 0 Å². The number of rotatable bonds is 2. The van der Waals surface area contributed by atoms with Crippen LogP contribution in [0.2, 0.25) is 0 Å². The predicted octanol–water partition coefficient (Wildman–Crippen LogP) is 0.712. The molecule has 0 radical (unpaired) electrons. The van der Waals surface area contributed by atoms with E-state index in [-0.39, 0.29) is 0 Å². The summed E-state index contributed by atoms with van der Waals surface area (Å²) < 4.78 is 1.98. The first kappa shape index (κ1) is 8.93. The van der Waals surface area contributed by atoms with Crippen LogP contribution in [0.5, 0.6) is 0 Å². The van der Waals surface area contributed by atoms with E-state index in [0.29, 0.717) is 5.82 Å². The van der Waals surface area contributed by atoms with Crippen molar-refractivity contribution < 1.29 is 9.90 Å². The minimum atomic E-state index is -0.960. The number of hydrogen-bond acceptors (Lipinski definition) is 3. The van der Waals surface area contributed by atoms with Crippen LogP contribution in [0.15, 0.2) is 6.08 Å². The van der Waals surface area contributed by atoms with Gasteiger partial charge in [-0.15, -0.1) is 10.2 Å². The molecular weight excluding hydrogens is 182 g/mol. The smallest absolute Gasteiger partial charge is 0.328 e. The van der Waals surface area contributed by atoms with Crippen molar-refractivity contribution in [2.75, 3.05) is 0 Å². The molecule has 0 amide bonds. The van der Waals surface area contributed by atoms with Crippen LogP contribution in [0.3, 0.4) is 0 Å². The predicted molar refractivity (Wildman–Crippen MR) is 49.6 cm³/mol. The van der Waals surface area contributed by atoms with Crippen LogP contribution in [-0.4, -0.2) is 25.8 Å². The fourth-order valence-corrected chi connectivity index (χ4v) is 1.60. The zero-order valence-corrected chi connectivity index (χ0v) is 7.68. The second-order valence-electron chi connectivity index (χ2n) is 3.25. The van der Waals surface area contributed by atoms with Crippen molar-refractivity contribution in [2.45, 2.75) is 25.8 Å². The Labute approximate surface area is 81.1 Å². The highest BCUT2D eigenvalue weighted by Crippen LogP contribution is 2.14. The van der Waals surface area contributed by atoms with E-state index in [1.54, 1.807) is 0 Å². The Hall–Kier alpha value is -1.65. The van der Waals surface area contributed by atoms with Crippen LogP contribution in [0, 0.1) is 0 Å². The number of carboxylic acid groups (broad SMARTS) is 1. The molecule has 0 fully saturated rings. The maximum absolute atomic E-state index is 10.3. The summed E-state index contributed by atoms with van der Waals surface area (Å²) >= 11 is 0. The highest BCUT2D eigenvalue weighted by atomic mass is 16.4. The van der Waals surface area contributed by atoms with E-state index in [4.69, 9.17) is 5.11 Å². The molecule has 1 N–H and O–H groups in total. The molecule has 5 heteroatoms. The molecule has 1 aromatic rings. The highest BCUT2D eigenvalue weighted by Gasteiger charge is 2.13. The lowest BCUT2D eigenvalue weighted by Gasteiger charge is -2.12. The van der Waals surface area contributed by atoms with Crippen molar-refractivity contribution in [3.8, 4) is 0 Å². The third-order valence-electron chi connectivity index (χ3n) is 2.26. The summed E-state index contributed by atoms with van der Waals surface area (Å²) in [5, 5.41) is 16.4. The molecule has 0 aliphatic carbocycles. The van der Waals surface area contributed by atoms with Crippen molar-refractivity contribution in [3.05, 3.63) is 17.7 Å². The fourth-order valence-electron chi connectivity index (χ4n) is 1.60. The van der Waals surface area contributed by atoms with E-state index in [0.717, 1.165) is 37.7 Å². The van der Waals surface area contributed by atoms with Gasteiger partial charge in [-0.2, -0.15) is 0 Å². The van der Waals surface area contributed by atoms with Crippen molar-refractivity contribution in [1.82, 2.24) is 14.8 Å². The molecule has 0 unspecified atom stereocenters. The third kappa shape index (κ3) is 1.66. The number of fused-ring (bicyclic) bond motifs is 1. The van der Waals surface area contributed by atoms with Gasteiger partial charge in [0.1, 0.15) is 5.82 Å². The summed E-state index contributed by atoms with van der Waals surface area (Å²) in [4.78, 5) is 10.3. The lowest BCUT2D eigenvalue weighted by atomic mass is 10.2. The molecule has 2 heterocycles. The summed E-state index contributed by atoms with van der Waals surface area (Å²) in [5.74, 6) is 0.640. The molecule has 1 aliphatic heterocycles. The largest absolute Gasteiger partial charge is 0.478 e. The van der Waals surface area contributed by atoms with Crippen LogP contribution >= 0.6 is 0 Å². The number of aromatic nitrogens is 3. The number of carbonyl (C=O) groups is 1. The summed E-state index contributed by atoms with van der Waals surface area (Å²) in [5.41, 5.74) is 0. The van der Waals surface area contributed by atoms with Gasteiger partial charge in [0.2, 0.25) is 0 Å². The Kier molecular flexibility index (Phi) is 2.30. The quantitative estimate of drug-likeness (QED) is 0.702. The maximum atomic E-state index is 10.3. The highest BCUT2D eigenvalue weighted by molar-refractivity contribution is 5.84. The van der Waals surface area contributed by atoms with E-state index < -0.39 is 5.97 Å². The first-order valence-electron chi connectivity index (χ1n) is 4.60. The number of carboxylic acids is 1. The third-order valence-corrected chi connectivity index (χ3v) is 2.26. The van der Waals surface area contributed by atoms with Gasteiger partial charge in [0.05, 0.1) is 0 Å². The topological polar surface area (TPSA) is 68.0 Å². The summed E-state index contributed by atoms with van der Waals surface area (Å²) in [7, 11) is 0. The van der Waals surface area contributed by atoms with Crippen molar-refractivity contribution in [2.24, 2.45) is 0 Å². The molecule has 0 spiro atoms. The summed E-state index contributed by atoms with van der Waals surface area (Å²) in [6.45, 7) is 0.891. The molecule has 2 rings (SSSR count). The standard InChI is InChI=1S/C9H11N3O2/c13-9(14)5-4-8-11-10-7-3-1-2-6-12(7)8/h4-5H,1-3,6H2,(H,13,14). The molecule has 0 aromatic carbocycles. The fraction of sp³-hybridized carbons (Fsp3) is 0.444. The number of hydrogen-bond donors (Lipinski definition) is 1. The Bertz CT molecular complexity index is 381.